The second kappa shape index (κ2) is 6.23. The number of hydrogen-bond donors (Lipinski definition) is 2. The fraction of sp³-hybridized carbons (Fsp3) is 0.357. The first-order chi connectivity index (χ1) is 9.09. The van der Waals surface area contributed by atoms with Gasteiger partial charge in [0.2, 0.25) is 0 Å². The lowest BCUT2D eigenvalue weighted by atomic mass is 10.0. The maximum absolute atomic E-state index is 10.8. The molecule has 1 heterocycles. The van der Waals surface area contributed by atoms with Crippen molar-refractivity contribution in [2.45, 2.75) is 25.6 Å². The molecule has 0 bridgehead atoms. The molecule has 2 N–H and O–H groups in total. The highest BCUT2D eigenvalue weighted by atomic mass is 32.2. The number of carbonyl (C=O) groups is 1. The van der Waals surface area contributed by atoms with Crippen molar-refractivity contribution in [3.63, 3.8) is 0 Å². The molecule has 5 heteroatoms. The molecule has 19 heavy (non-hydrogen) atoms. The van der Waals surface area contributed by atoms with E-state index >= 15 is 0 Å². The molecule has 0 spiro atoms. The Labute approximate surface area is 115 Å². The number of benzene rings is 1. The van der Waals surface area contributed by atoms with Gasteiger partial charge in [-0.25, -0.2) is 0 Å². The zero-order valence-electron chi connectivity index (χ0n) is 10.6. The Morgan fingerprint density at radius 3 is 2.84 bits per heavy atom. The van der Waals surface area contributed by atoms with E-state index in [1.807, 2.05) is 24.3 Å². The summed E-state index contributed by atoms with van der Waals surface area (Å²) in [5.41, 5.74) is 1.26. The predicted molar refractivity (Wildman–Crippen MR) is 74.9 cm³/mol. The van der Waals surface area contributed by atoms with E-state index in [4.69, 9.17) is 4.42 Å². The van der Waals surface area contributed by atoms with Crippen LogP contribution < -0.4 is 0 Å². The number of aliphatic hydroxyl groups is 2. The van der Waals surface area contributed by atoms with Crippen LogP contribution in [0.2, 0.25) is 0 Å². The van der Waals surface area contributed by atoms with Crippen molar-refractivity contribution in [1.82, 2.24) is 0 Å². The lowest BCUT2D eigenvalue weighted by Crippen LogP contribution is -2.18. The summed E-state index contributed by atoms with van der Waals surface area (Å²) in [6.45, 7) is 1.48. The molecule has 2 unspecified atom stereocenters. The highest BCUT2D eigenvalue weighted by Crippen LogP contribution is 2.29. The van der Waals surface area contributed by atoms with E-state index in [0.29, 0.717) is 23.3 Å². The highest BCUT2D eigenvalue weighted by Gasteiger charge is 2.22. The van der Waals surface area contributed by atoms with E-state index < -0.39 is 12.2 Å². The Morgan fingerprint density at radius 1 is 1.37 bits per heavy atom. The van der Waals surface area contributed by atoms with Gasteiger partial charge in [-0.05, 0) is 12.5 Å². The Kier molecular flexibility index (Phi) is 4.63. The average molecular weight is 280 g/mol. The van der Waals surface area contributed by atoms with E-state index in [-0.39, 0.29) is 5.12 Å². The third-order valence-electron chi connectivity index (χ3n) is 2.91. The van der Waals surface area contributed by atoms with Gasteiger partial charge < -0.3 is 14.6 Å². The summed E-state index contributed by atoms with van der Waals surface area (Å²) < 4.78 is 5.33. The van der Waals surface area contributed by atoms with Crippen molar-refractivity contribution in [3.8, 4) is 0 Å². The van der Waals surface area contributed by atoms with Gasteiger partial charge in [0, 0.05) is 23.6 Å². The molecule has 0 aliphatic heterocycles. The quantitative estimate of drug-likeness (QED) is 0.880. The molecule has 2 rings (SSSR count). The van der Waals surface area contributed by atoms with Crippen molar-refractivity contribution in [1.29, 1.82) is 0 Å². The van der Waals surface area contributed by atoms with E-state index in [0.717, 1.165) is 17.1 Å². The summed E-state index contributed by atoms with van der Waals surface area (Å²) in [4.78, 5) is 10.8. The Hall–Kier alpha value is -1.30. The molecule has 2 aromatic rings. The monoisotopic (exact) mass is 280 g/mol. The van der Waals surface area contributed by atoms with Gasteiger partial charge in [0.1, 0.15) is 11.7 Å². The summed E-state index contributed by atoms with van der Waals surface area (Å²) in [6, 6.07) is 7.35. The lowest BCUT2D eigenvalue weighted by Gasteiger charge is -2.16. The maximum Gasteiger partial charge on any atom is 0.185 e. The Balaban J connectivity index is 2.06. The van der Waals surface area contributed by atoms with Crippen LogP contribution in [0.25, 0.3) is 11.0 Å². The number of fused-ring (bicyclic) bond motifs is 1. The molecule has 0 amide bonds. The van der Waals surface area contributed by atoms with Crippen LogP contribution in [0, 0.1) is 0 Å². The molecule has 1 aromatic carbocycles. The Bertz CT molecular complexity index is 563. The number of rotatable bonds is 5. The fourth-order valence-corrected chi connectivity index (χ4v) is 2.56. The normalized spacial score (nSPS) is 14.5. The fourth-order valence-electron chi connectivity index (χ4n) is 1.92. The number of hydrogen-bond acceptors (Lipinski definition) is 5. The minimum Gasteiger partial charge on any atom is -0.464 e. The van der Waals surface area contributed by atoms with Gasteiger partial charge in [-0.3, -0.25) is 4.79 Å². The van der Waals surface area contributed by atoms with Crippen molar-refractivity contribution in [2.24, 2.45) is 0 Å². The van der Waals surface area contributed by atoms with Crippen LogP contribution in [0.3, 0.4) is 0 Å². The minimum atomic E-state index is -1.00. The zero-order chi connectivity index (χ0) is 13.8. The van der Waals surface area contributed by atoms with Crippen LogP contribution in [0.5, 0.6) is 0 Å². The van der Waals surface area contributed by atoms with Crippen molar-refractivity contribution >= 4 is 27.8 Å². The smallest absolute Gasteiger partial charge is 0.185 e. The third kappa shape index (κ3) is 3.37. The zero-order valence-corrected chi connectivity index (χ0v) is 11.4. The molecule has 0 aliphatic carbocycles. The maximum atomic E-state index is 10.8. The summed E-state index contributed by atoms with van der Waals surface area (Å²) in [5.74, 6) is 0.489. The van der Waals surface area contributed by atoms with Crippen molar-refractivity contribution in [3.05, 3.63) is 36.1 Å². The summed E-state index contributed by atoms with van der Waals surface area (Å²) in [5, 5.41) is 20.9. The van der Waals surface area contributed by atoms with Gasteiger partial charge in [-0.2, -0.15) is 0 Å². The number of carbonyl (C=O) groups excluding carboxylic acids is 1. The van der Waals surface area contributed by atoms with E-state index in [2.05, 4.69) is 0 Å². The number of furan rings is 1. The first-order valence-corrected chi connectivity index (χ1v) is 7.04. The van der Waals surface area contributed by atoms with Gasteiger partial charge in [0.15, 0.2) is 5.12 Å². The molecular weight excluding hydrogens is 264 g/mol. The molecule has 0 fully saturated rings. The minimum absolute atomic E-state index is 0.00968. The topological polar surface area (TPSA) is 70.7 Å². The van der Waals surface area contributed by atoms with Crippen LogP contribution in [-0.2, 0) is 4.79 Å². The van der Waals surface area contributed by atoms with E-state index in [9.17, 15) is 15.0 Å². The molecule has 0 saturated carbocycles. The van der Waals surface area contributed by atoms with Gasteiger partial charge in [0.25, 0.3) is 0 Å². The van der Waals surface area contributed by atoms with Crippen molar-refractivity contribution in [2.75, 3.05) is 5.75 Å². The molecule has 0 saturated heterocycles. The predicted octanol–water partition coefficient (Wildman–Crippen LogP) is 2.50. The average Bonchev–Trinajstić information content (AvgIpc) is 2.81. The third-order valence-corrected chi connectivity index (χ3v) is 3.76. The van der Waals surface area contributed by atoms with Crippen molar-refractivity contribution < 1.29 is 19.4 Å². The highest BCUT2D eigenvalue weighted by molar-refractivity contribution is 8.13. The molecule has 1 aromatic heterocycles. The van der Waals surface area contributed by atoms with Crippen LogP contribution in [0.15, 0.2) is 34.9 Å². The van der Waals surface area contributed by atoms with Crippen LogP contribution in [-0.4, -0.2) is 27.2 Å². The van der Waals surface area contributed by atoms with Gasteiger partial charge in [-0.1, -0.05) is 30.0 Å². The van der Waals surface area contributed by atoms with Crippen LogP contribution in [0.4, 0.5) is 0 Å². The molecular formula is C14H16O4S. The standard InChI is InChI=1S/C14H16O4S/c1-9(15)19-7-6-12(16)14(17)11-8-18-13-5-3-2-4-10(11)13/h2-5,8,12,14,16-17H,6-7H2,1H3. The number of aliphatic hydroxyl groups excluding tert-OH is 2. The molecule has 4 nitrogen and oxygen atoms in total. The molecule has 0 radical (unpaired) electrons. The van der Waals surface area contributed by atoms with Crippen LogP contribution >= 0.6 is 11.8 Å². The van der Waals surface area contributed by atoms with Gasteiger partial charge in [0.05, 0.1) is 12.4 Å². The molecule has 102 valence electrons. The van der Waals surface area contributed by atoms with Gasteiger partial charge in [-0.15, -0.1) is 0 Å². The second-order valence-corrected chi connectivity index (χ2v) is 5.60. The van der Waals surface area contributed by atoms with Gasteiger partial charge >= 0.3 is 0 Å². The second-order valence-electron chi connectivity index (χ2n) is 4.33. The van der Waals surface area contributed by atoms with Crippen LogP contribution in [0.1, 0.15) is 25.0 Å². The molecule has 0 aliphatic rings. The first-order valence-electron chi connectivity index (χ1n) is 6.05. The Morgan fingerprint density at radius 2 is 2.11 bits per heavy atom. The summed E-state index contributed by atoms with van der Waals surface area (Å²) in [6.07, 6.45) is -0.0919. The lowest BCUT2D eigenvalue weighted by molar-refractivity contribution is -0.109. The number of para-hydroxylation sites is 1. The summed E-state index contributed by atoms with van der Waals surface area (Å²) >= 11 is 1.14. The number of thioether (sulfide) groups is 1. The largest absolute Gasteiger partial charge is 0.464 e. The van der Waals surface area contributed by atoms with E-state index in [1.165, 1.54) is 13.2 Å². The van der Waals surface area contributed by atoms with E-state index in [1.54, 1.807) is 0 Å². The molecule has 2 atom stereocenters. The first kappa shape index (κ1) is 14.1. The SMILES string of the molecule is CC(=O)SCCC(O)C(O)c1coc2ccccc12. The summed E-state index contributed by atoms with van der Waals surface area (Å²) in [7, 11) is 0.